The van der Waals surface area contributed by atoms with Crippen LogP contribution in [0.5, 0.6) is 5.75 Å². The first-order valence-electron chi connectivity index (χ1n) is 8.86. The highest BCUT2D eigenvalue weighted by Gasteiger charge is 2.22. The van der Waals surface area contributed by atoms with Crippen molar-refractivity contribution in [2.75, 3.05) is 25.5 Å². The summed E-state index contributed by atoms with van der Waals surface area (Å²) in [7, 11) is 1.68. The molecule has 1 fully saturated rings. The summed E-state index contributed by atoms with van der Waals surface area (Å²) in [6.07, 6.45) is 5.59. The second-order valence-electron chi connectivity index (χ2n) is 6.50. The Hall–Kier alpha value is -2.32. The first-order chi connectivity index (χ1) is 13.2. The maximum atomic E-state index is 11.0. The number of aromatic nitrogens is 1. The van der Waals surface area contributed by atoms with Gasteiger partial charge in [0, 0.05) is 37.9 Å². The maximum absolute atomic E-state index is 11.0. The predicted molar refractivity (Wildman–Crippen MR) is 118 cm³/mol. The number of halogens is 2. The number of ether oxygens (including phenoxy) is 1. The molecule has 1 aromatic carbocycles. The Morgan fingerprint density at radius 2 is 2.03 bits per heavy atom. The summed E-state index contributed by atoms with van der Waals surface area (Å²) < 4.78 is 5.20. The molecule has 0 radical (unpaired) electrons. The van der Waals surface area contributed by atoms with Crippen molar-refractivity contribution in [2.45, 2.75) is 19.0 Å². The molecule has 7 nitrogen and oxygen atoms in total. The molecule has 1 aliphatic rings. The molecule has 0 aliphatic carbocycles. The molecule has 29 heavy (non-hydrogen) atoms. The van der Waals surface area contributed by atoms with E-state index in [1.165, 1.54) is 11.6 Å². The average Bonchev–Trinajstić information content (AvgIpc) is 3.14. The van der Waals surface area contributed by atoms with E-state index in [1.807, 2.05) is 24.3 Å². The van der Waals surface area contributed by atoms with Crippen LogP contribution in [-0.2, 0) is 11.3 Å². The van der Waals surface area contributed by atoms with Crippen LogP contribution in [0.15, 0.2) is 48.7 Å². The van der Waals surface area contributed by atoms with Crippen molar-refractivity contribution in [3.63, 3.8) is 0 Å². The van der Waals surface area contributed by atoms with Crippen LogP contribution in [0.25, 0.3) is 6.08 Å². The summed E-state index contributed by atoms with van der Waals surface area (Å²) in [6, 6.07) is 12.3. The predicted octanol–water partition coefficient (Wildman–Crippen LogP) is 3.14. The van der Waals surface area contributed by atoms with Gasteiger partial charge in [0.2, 0.25) is 0 Å². The SMILES string of the molecule is COc1ccc(CN2CC[C@@H](Nc3ccc(C=CC(=O)NO)cn3)C2)cc1.Cl.Cl. The number of rotatable bonds is 7. The van der Waals surface area contributed by atoms with Crippen LogP contribution in [0.2, 0.25) is 0 Å². The van der Waals surface area contributed by atoms with E-state index < -0.39 is 5.91 Å². The normalized spacial score (nSPS) is 16.0. The molecule has 0 saturated carbocycles. The van der Waals surface area contributed by atoms with Gasteiger partial charge in [0.15, 0.2) is 0 Å². The van der Waals surface area contributed by atoms with E-state index in [0.29, 0.717) is 6.04 Å². The van der Waals surface area contributed by atoms with Gasteiger partial charge in [-0.1, -0.05) is 12.1 Å². The van der Waals surface area contributed by atoms with Gasteiger partial charge in [-0.3, -0.25) is 14.9 Å². The molecule has 0 unspecified atom stereocenters. The van der Waals surface area contributed by atoms with Crippen LogP contribution in [0, 0.1) is 0 Å². The van der Waals surface area contributed by atoms with Crippen LogP contribution < -0.4 is 15.5 Å². The molecule has 0 spiro atoms. The third-order valence-electron chi connectivity index (χ3n) is 4.51. The van der Waals surface area contributed by atoms with Crippen molar-refractivity contribution >= 4 is 42.6 Å². The quantitative estimate of drug-likeness (QED) is 0.348. The first-order valence-corrected chi connectivity index (χ1v) is 8.86. The van der Waals surface area contributed by atoms with Gasteiger partial charge in [-0.25, -0.2) is 10.5 Å². The largest absolute Gasteiger partial charge is 0.497 e. The summed E-state index contributed by atoms with van der Waals surface area (Å²) >= 11 is 0. The highest BCUT2D eigenvalue weighted by molar-refractivity contribution is 5.90. The van der Waals surface area contributed by atoms with Crippen LogP contribution >= 0.6 is 24.8 Å². The first kappa shape index (κ1) is 24.7. The van der Waals surface area contributed by atoms with Gasteiger partial charge < -0.3 is 10.1 Å². The number of anilines is 1. The summed E-state index contributed by atoms with van der Waals surface area (Å²) in [4.78, 5) is 17.8. The Morgan fingerprint density at radius 1 is 1.28 bits per heavy atom. The van der Waals surface area contributed by atoms with Crippen LogP contribution in [-0.4, -0.2) is 47.2 Å². The molecule has 1 aromatic heterocycles. The number of carbonyl (C=O) groups is 1. The molecule has 2 aromatic rings. The summed E-state index contributed by atoms with van der Waals surface area (Å²) in [5, 5.41) is 11.9. The van der Waals surface area contributed by atoms with E-state index >= 15 is 0 Å². The number of benzene rings is 1. The smallest absolute Gasteiger partial charge is 0.267 e. The Balaban J connectivity index is 0.00000210. The number of hydroxylamine groups is 1. The van der Waals surface area contributed by atoms with Crippen LogP contribution in [0.3, 0.4) is 0 Å². The average molecular weight is 441 g/mol. The van der Waals surface area contributed by atoms with E-state index in [9.17, 15) is 4.79 Å². The molecule has 1 atom stereocenters. The number of hydrogen-bond acceptors (Lipinski definition) is 6. The maximum Gasteiger partial charge on any atom is 0.267 e. The fraction of sp³-hybridized carbons (Fsp3) is 0.300. The van der Waals surface area contributed by atoms with Gasteiger partial charge >= 0.3 is 0 Å². The number of pyridine rings is 1. The molecule has 158 valence electrons. The summed E-state index contributed by atoms with van der Waals surface area (Å²) in [5.41, 5.74) is 3.62. The Morgan fingerprint density at radius 3 is 2.66 bits per heavy atom. The number of methoxy groups -OCH3 is 1. The lowest BCUT2D eigenvalue weighted by atomic mass is 10.2. The van der Waals surface area contributed by atoms with Gasteiger partial charge in [0.25, 0.3) is 5.91 Å². The van der Waals surface area contributed by atoms with Gasteiger partial charge in [0.1, 0.15) is 11.6 Å². The topological polar surface area (TPSA) is 86.7 Å². The Labute approximate surface area is 182 Å². The number of amides is 1. The number of nitrogens with zero attached hydrogens (tertiary/aromatic N) is 2. The van der Waals surface area contributed by atoms with E-state index in [2.05, 4.69) is 27.3 Å². The van der Waals surface area contributed by atoms with Crippen molar-refractivity contribution in [3.8, 4) is 5.75 Å². The number of hydrogen-bond donors (Lipinski definition) is 3. The van der Waals surface area contributed by atoms with E-state index in [1.54, 1.807) is 24.9 Å². The third-order valence-corrected chi connectivity index (χ3v) is 4.51. The van der Waals surface area contributed by atoms with E-state index in [0.717, 1.165) is 43.2 Å². The summed E-state index contributed by atoms with van der Waals surface area (Å²) in [5.74, 6) is 1.12. The van der Waals surface area contributed by atoms with Crippen molar-refractivity contribution in [3.05, 3.63) is 59.8 Å². The number of carbonyl (C=O) groups excluding carboxylic acids is 1. The monoisotopic (exact) mass is 440 g/mol. The lowest BCUT2D eigenvalue weighted by molar-refractivity contribution is -0.124. The van der Waals surface area contributed by atoms with Crippen LogP contribution in [0.1, 0.15) is 17.5 Å². The zero-order valence-electron chi connectivity index (χ0n) is 16.1. The highest BCUT2D eigenvalue weighted by Crippen LogP contribution is 2.19. The molecule has 1 aliphatic heterocycles. The fourth-order valence-electron chi connectivity index (χ4n) is 3.09. The van der Waals surface area contributed by atoms with Crippen molar-refractivity contribution in [1.29, 1.82) is 0 Å². The highest BCUT2D eigenvalue weighted by atomic mass is 35.5. The lowest BCUT2D eigenvalue weighted by Gasteiger charge is -2.17. The molecule has 0 bridgehead atoms. The second kappa shape index (κ2) is 12.3. The minimum atomic E-state index is -0.569. The summed E-state index contributed by atoms with van der Waals surface area (Å²) in [6.45, 7) is 2.93. The Bertz CT molecular complexity index is 785. The fourth-order valence-corrected chi connectivity index (χ4v) is 3.09. The molecular weight excluding hydrogens is 415 g/mol. The van der Waals surface area contributed by atoms with E-state index in [4.69, 9.17) is 9.94 Å². The van der Waals surface area contributed by atoms with Gasteiger partial charge in [0.05, 0.1) is 7.11 Å². The minimum Gasteiger partial charge on any atom is -0.497 e. The molecule has 2 heterocycles. The van der Waals surface area contributed by atoms with Crippen LogP contribution in [0.4, 0.5) is 5.82 Å². The lowest BCUT2D eigenvalue weighted by Crippen LogP contribution is -2.26. The molecule has 3 N–H and O–H groups in total. The molecular formula is C20H26Cl2N4O3. The Kier molecular flexibility index (Phi) is 10.5. The van der Waals surface area contributed by atoms with Gasteiger partial charge in [-0.05, 0) is 47.9 Å². The number of nitrogens with one attached hydrogen (secondary N) is 2. The molecule has 3 rings (SSSR count). The van der Waals surface area contributed by atoms with Crippen molar-refractivity contribution < 1.29 is 14.7 Å². The third kappa shape index (κ3) is 7.55. The van der Waals surface area contributed by atoms with E-state index in [-0.39, 0.29) is 24.8 Å². The standard InChI is InChI=1S/C20H24N4O3.2ClH/c1-27-18-6-2-16(3-7-18)13-24-11-10-17(14-24)22-19-8-4-15(12-21-19)5-9-20(25)23-26;;/h2-9,12,17,26H,10-11,13-14H2,1H3,(H,21,22)(H,23,25);2*1H/t17-;;/m1../s1. The zero-order valence-corrected chi connectivity index (χ0v) is 17.7. The van der Waals surface area contributed by atoms with Gasteiger partial charge in [-0.15, -0.1) is 24.8 Å². The minimum absolute atomic E-state index is 0. The molecule has 9 heteroatoms. The molecule has 1 amide bonds. The van der Waals surface area contributed by atoms with Crippen molar-refractivity contribution in [1.82, 2.24) is 15.4 Å². The number of likely N-dealkylation sites (tertiary alicyclic amines) is 1. The molecule has 1 saturated heterocycles. The zero-order chi connectivity index (χ0) is 19.1. The second-order valence-corrected chi connectivity index (χ2v) is 6.50. The van der Waals surface area contributed by atoms with Gasteiger partial charge in [-0.2, -0.15) is 0 Å². The van der Waals surface area contributed by atoms with Crippen molar-refractivity contribution in [2.24, 2.45) is 0 Å².